The lowest BCUT2D eigenvalue weighted by Crippen LogP contribution is -2.51. The molecule has 1 saturated carbocycles. The van der Waals surface area contributed by atoms with Gasteiger partial charge in [-0.2, -0.15) is 0 Å². The molecular formula is C9H16N2O2. The van der Waals surface area contributed by atoms with E-state index in [4.69, 9.17) is 4.84 Å². The first kappa shape index (κ1) is 8.97. The molecule has 2 fully saturated rings. The van der Waals surface area contributed by atoms with Crippen molar-refractivity contribution >= 4 is 5.91 Å². The van der Waals surface area contributed by atoms with Crippen LogP contribution in [0.4, 0.5) is 0 Å². The van der Waals surface area contributed by atoms with E-state index in [0.29, 0.717) is 0 Å². The molecule has 0 bridgehead atoms. The molecule has 2 rings (SSSR count). The smallest absolute Gasteiger partial charge is 0.249 e. The van der Waals surface area contributed by atoms with E-state index in [1.54, 1.807) is 0 Å². The molecule has 74 valence electrons. The van der Waals surface area contributed by atoms with Gasteiger partial charge in [-0.1, -0.05) is 12.8 Å². The maximum Gasteiger partial charge on any atom is 0.249 e. The van der Waals surface area contributed by atoms with Gasteiger partial charge in [-0.25, -0.2) is 5.48 Å². The zero-order valence-corrected chi connectivity index (χ0v) is 7.71. The van der Waals surface area contributed by atoms with Gasteiger partial charge in [-0.15, -0.1) is 0 Å². The molecular weight excluding hydrogens is 168 g/mol. The lowest BCUT2D eigenvalue weighted by molar-refractivity contribution is -0.143. The number of amides is 1. The van der Waals surface area contributed by atoms with Crippen LogP contribution >= 0.6 is 0 Å². The summed E-state index contributed by atoms with van der Waals surface area (Å²) in [6.07, 6.45) is 4.89. The van der Waals surface area contributed by atoms with Gasteiger partial charge >= 0.3 is 0 Å². The molecule has 0 aromatic carbocycles. The predicted molar refractivity (Wildman–Crippen MR) is 47.8 cm³/mol. The van der Waals surface area contributed by atoms with Gasteiger partial charge in [0.25, 0.3) is 0 Å². The second kappa shape index (κ2) is 4.07. The van der Waals surface area contributed by atoms with Gasteiger partial charge in [0.1, 0.15) is 0 Å². The fourth-order valence-corrected chi connectivity index (χ4v) is 1.71. The number of rotatable bonds is 3. The Hall–Kier alpha value is -0.610. The number of carbonyl (C=O) groups is 1. The monoisotopic (exact) mass is 184 g/mol. The van der Waals surface area contributed by atoms with Gasteiger partial charge in [-0.3, -0.25) is 9.63 Å². The first-order valence-corrected chi connectivity index (χ1v) is 5.02. The van der Waals surface area contributed by atoms with Crippen LogP contribution in [-0.4, -0.2) is 25.1 Å². The topological polar surface area (TPSA) is 50.4 Å². The minimum Gasteiger partial charge on any atom is -0.315 e. The molecule has 1 aliphatic heterocycles. The average Bonchev–Trinajstić information content (AvgIpc) is 2.49. The normalized spacial score (nSPS) is 24.3. The van der Waals surface area contributed by atoms with Gasteiger partial charge in [0.2, 0.25) is 5.91 Å². The Morgan fingerprint density at radius 2 is 2.00 bits per heavy atom. The Labute approximate surface area is 78.0 Å². The zero-order valence-electron chi connectivity index (χ0n) is 7.71. The molecule has 4 nitrogen and oxygen atoms in total. The SMILES string of the molecule is O=C(NOC1CCCC1)C1CNC1. The Balaban J connectivity index is 1.63. The highest BCUT2D eigenvalue weighted by Crippen LogP contribution is 2.20. The summed E-state index contributed by atoms with van der Waals surface area (Å²) in [5.41, 5.74) is 2.55. The fourth-order valence-electron chi connectivity index (χ4n) is 1.71. The number of nitrogens with one attached hydrogen (secondary N) is 2. The van der Waals surface area contributed by atoms with Crippen LogP contribution < -0.4 is 10.8 Å². The van der Waals surface area contributed by atoms with Gasteiger partial charge in [0, 0.05) is 13.1 Å². The van der Waals surface area contributed by atoms with Crippen molar-refractivity contribution in [3.05, 3.63) is 0 Å². The lowest BCUT2D eigenvalue weighted by atomic mass is 10.0. The van der Waals surface area contributed by atoms with E-state index in [-0.39, 0.29) is 17.9 Å². The second-order valence-corrected chi connectivity index (χ2v) is 3.85. The maximum atomic E-state index is 11.3. The van der Waals surface area contributed by atoms with Crippen molar-refractivity contribution in [2.75, 3.05) is 13.1 Å². The summed E-state index contributed by atoms with van der Waals surface area (Å²) in [6, 6.07) is 0. The number of hydrogen-bond acceptors (Lipinski definition) is 3. The van der Waals surface area contributed by atoms with Gasteiger partial charge in [0.05, 0.1) is 12.0 Å². The van der Waals surface area contributed by atoms with Crippen molar-refractivity contribution < 1.29 is 9.63 Å². The third-order valence-corrected chi connectivity index (χ3v) is 2.78. The number of hydrogen-bond donors (Lipinski definition) is 2. The minimum absolute atomic E-state index is 0.0330. The van der Waals surface area contributed by atoms with Crippen molar-refractivity contribution in [3.63, 3.8) is 0 Å². The Morgan fingerprint density at radius 3 is 2.54 bits per heavy atom. The highest BCUT2D eigenvalue weighted by atomic mass is 16.7. The van der Waals surface area contributed by atoms with Crippen LogP contribution in [0.5, 0.6) is 0 Å². The highest BCUT2D eigenvalue weighted by molar-refractivity contribution is 5.78. The van der Waals surface area contributed by atoms with Crippen molar-refractivity contribution in [2.24, 2.45) is 5.92 Å². The standard InChI is InChI=1S/C9H16N2O2/c12-9(7-5-10-6-7)11-13-8-3-1-2-4-8/h7-8,10H,1-6H2,(H,11,12). The molecule has 0 spiro atoms. The molecule has 1 heterocycles. The summed E-state index contributed by atoms with van der Waals surface area (Å²) in [5.74, 6) is 0.159. The zero-order chi connectivity index (χ0) is 9.10. The molecule has 4 heteroatoms. The molecule has 0 atom stereocenters. The van der Waals surface area contributed by atoms with Gasteiger partial charge in [-0.05, 0) is 12.8 Å². The van der Waals surface area contributed by atoms with Crippen molar-refractivity contribution in [1.29, 1.82) is 0 Å². The van der Waals surface area contributed by atoms with E-state index in [0.717, 1.165) is 25.9 Å². The minimum atomic E-state index is 0.0330. The summed E-state index contributed by atoms with van der Waals surface area (Å²) in [6.45, 7) is 1.58. The molecule has 0 radical (unpaired) electrons. The van der Waals surface area contributed by atoms with E-state index in [1.807, 2.05) is 0 Å². The first-order valence-electron chi connectivity index (χ1n) is 5.02. The van der Waals surface area contributed by atoms with Crippen LogP contribution in [-0.2, 0) is 9.63 Å². The van der Waals surface area contributed by atoms with Crippen LogP contribution in [0, 0.1) is 5.92 Å². The van der Waals surface area contributed by atoms with Crippen LogP contribution in [0.3, 0.4) is 0 Å². The van der Waals surface area contributed by atoms with Gasteiger partial charge in [0.15, 0.2) is 0 Å². The van der Waals surface area contributed by atoms with Crippen LogP contribution in [0.1, 0.15) is 25.7 Å². The first-order chi connectivity index (χ1) is 6.36. The maximum absolute atomic E-state index is 11.3. The van der Waals surface area contributed by atoms with E-state index < -0.39 is 0 Å². The Morgan fingerprint density at radius 1 is 1.31 bits per heavy atom. The van der Waals surface area contributed by atoms with Gasteiger partial charge < -0.3 is 5.32 Å². The summed E-state index contributed by atoms with van der Waals surface area (Å²) >= 11 is 0. The highest BCUT2D eigenvalue weighted by Gasteiger charge is 2.26. The molecule has 1 aliphatic carbocycles. The van der Waals surface area contributed by atoms with Crippen molar-refractivity contribution in [2.45, 2.75) is 31.8 Å². The van der Waals surface area contributed by atoms with E-state index in [1.165, 1.54) is 12.8 Å². The van der Waals surface area contributed by atoms with Crippen molar-refractivity contribution in [1.82, 2.24) is 10.8 Å². The molecule has 1 amide bonds. The lowest BCUT2D eigenvalue weighted by Gasteiger charge is -2.26. The molecule has 0 aromatic heterocycles. The molecule has 0 aromatic rings. The predicted octanol–water partition coefficient (Wildman–Crippen LogP) is 0.196. The Kier molecular flexibility index (Phi) is 2.80. The quantitative estimate of drug-likeness (QED) is 0.616. The van der Waals surface area contributed by atoms with Crippen LogP contribution in [0.25, 0.3) is 0 Å². The summed E-state index contributed by atoms with van der Waals surface area (Å²) in [5, 5.41) is 3.05. The van der Waals surface area contributed by atoms with Crippen molar-refractivity contribution in [3.8, 4) is 0 Å². The second-order valence-electron chi connectivity index (χ2n) is 3.85. The summed E-state index contributed by atoms with van der Waals surface area (Å²) < 4.78 is 0. The summed E-state index contributed by atoms with van der Waals surface area (Å²) in [4.78, 5) is 16.6. The van der Waals surface area contributed by atoms with E-state index >= 15 is 0 Å². The average molecular weight is 184 g/mol. The van der Waals surface area contributed by atoms with Crippen LogP contribution in [0.15, 0.2) is 0 Å². The van der Waals surface area contributed by atoms with Crippen LogP contribution in [0.2, 0.25) is 0 Å². The molecule has 2 N–H and O–H groups in total. The number of hydroxylamine groups is 1. The molecule has 1 saturated heterocycles. The molecule has 0 unspecified atom stereocenters. The molecule has 13 heavy (non-hydrogen) atoms. The van der Waals surface area contributed by atoms with E-state index in [2.05, 4.69) is 10.8 Å². The largest absolute Gasteiger partial charge is 0.315 e. The fraction of sp³-hybridized carbons (Fsp3) is 0.889. The third kappa shape index (κ3) is 2.19. The Bertz CT molecular complexity index is 186. The number of carbonyl (C=O) groups excluding carboxylic acids is 1. The summed E-state index contributed by atoms with van der Waals surface area (Å²) in [7, 11) is 0. The molecule has 2 aliphatic rings. The third-order valence-electron chi connectivity index (χ3n) is 2.78. The van der Waals surface area contributed by atoms with E-state index in [9.17, 15) is 4.79 Å².